The predicted octanol–water partition coefficient (Wildman–Crippen LogP) is 2.80. The van der Waals surface area contributed by atoms with Crippen LogP contribution in [0, 0.1) is 12.8 Å². The maximum atomic E-state index is 12.2. The normalized spacial score (nSPS) is 17.2. The van der Waals surface area contributed by atoms with Crippen molar-refractivity contribution in [3.05, 3.63) is 45.9 Å². The summed E-state index contributed by atoms with van der Waals surface area (Å²) >= 11 is 1.60. The number of aromatic nitrogens is 1. The molecule has 6 heteroatoms. The quantitative estimate of drug-likeness (QED) is 0.884. The van der Waals surface area contributed by atoms with Crippen molar-refractivity contribution in [3.63, 3.8) is 0 Å². The van der Waals surface area contributed by atoms with E-state index in [-0.39, 0.29) is 5.91 Å². The first-order valence-corrected chi connectivity index (χ1v) is 8.58. The van der Waals surface area contributed by atoms with Crippen LogP contribution < -0.4 is 10.1 Å². The fourth-order valence-electron chi connectivity index (χ4n) is 2.44. The molecule has 0 unspecified atom stereocenters. The average Bonchev–Trinajstić information content (AvgIpc) is 3.22. The van der Waals surface area contributed by atoms with Crippen molar-refractivity contribution < 1.29 is 14.3 Å². The summed E-state index contributed by atoms with van der Waals surface area (Å²) in [6.45, 7) is 4.56. The Morgan fingerprint density at radius 1 is 1.52 bits per heavy atom. The zero-order valence-corrected chi connectivity index (χ0v) is 13.9. The van der Waals surface area contributed by atoms with Crippen LogP contribution in [0.4, 0.5) is 0 Å². The topological polar surface area (TPSA) is 60.5 Å². The summed E-state index contributed by atoms with van der Waals surface area (Å²) in [6, 6.07) is 7.23. The highest BCUT2D eigenvalue weighted by Gasteiger charge is 2.17. The van der Waals surface area contributed by atoms with E-state index in [2.05, 4.69) is 10.3 Å². The minimum Gasteiger partial charge on any atom is -0.487 e. The molecule has 122 valence electrons. The summed E-state index contributed by atoms with van der Waals surface area (Å²) in [7, 11) is 0. The predicted molar refractivity (Wildman–Crippen MR) is 88.9 cm³/mol. The molecule has 1 amide bonds. The molecule has 1 aliphatic rings. The molecule has 5 nitrogen and oxygen atoms in total. The first-order valence-electron chi connectivity index (χ1n) is 7.70. The van der Waals surface area contributed by atoms with E-state index in [0.29, 0.717) is 30.4 Å². The van der Waals surface area contributed by atoms with Crippen LogP contribution in [0.3, 0.4) is 0 Å². The Labute approximate surface area is 139 Å². The van der Waals surface area contributed by atoms with Gasteiger partial charge in [0.25, 0.3) is 5.91 Å². The molecule has 2 heterocycles. The summed E-state index contributed by atoms with van der Waals surface area (Å²) in [6.07, 6.45) is 1.01. The third-order valence-electron chi connectivity index (χ3n) is 3.72. The fourth-order valence-corrected chi connectivity index (χ4v) is 3.04. The van der Waals surface area contributed by atoms with Crippen LogP contribution in [-0.4, -0.2) is 30.6 Å². The number of hydrogen-bond acceptors (Lipinski definition) is 5. The lowest BCUT2D eigenvalue weighted by molar-refractivity contribution is 0.0944. The summed E-state index contributed by atoms with van der Waals surface area (Å²) in [5.41, 5.74) is 1.51. The van der Waals surface area contributed by atoms with E-state index in [0.717, 1.165) is 30.3 Å². The molecule has 0 spiro atoms. The van der Waals surface area contributed by atoms with Crippen molar-refractivity contribution in [1.82, 2.24) is 10.3 Å². The monoisotopic (exact) mass is 332 g/mol. The van der Waals surface area contributed by atoms with E-state index in [1.165, 1.54) is 0 Å². The molecule has 1 aliphatic heterocycles. The summed E-state index contributed by atoms with van der Waals surface area (Å²) in [5, 5.41) is 5.96. The number of aryl methyl sites for hydroxylation is 1. The number of amides is 1. The Balaban J connectivity index is 1.54. The van der Waals surface area contributed by atoms with Crippen LogP contribution in [0.1, 0.15) is 27.5 Å². The second-order valence-corrected chi connectivity index (χ2v) is 6.68. The number of thiazole rings is 1. The van der Waals surface area contributed by atoms with Gasteiger partial charge in [-0.3, -0.25) is 4.79 Å². The van der Waals surface area contributed by atoms with E-state index in [9.17, 15) is 4.79 Å². The van der Waals surface area contributed by atoms with Gasteiger partial charge in [0.1, 0.15) is 12.4 Å². The maximum absolute atomic E-state index is 12.2. The second-order valence-electron chi connectivity index (χ2n) is 5.61. The molecule has 3 rings (SSSR count). The van der Waals surface area contributed by atoms with Crippen molar-refractivity contribution >= 4 is 17.2 Å². The van der Waals surface area contributed by atoms with Crippen LogP contribution in [0.2, 0.25) is 0 Å². The van der Waals surface area contributed by atoms with Crippen molar-refractivity contribution in [1.29, 1.82) is 0 Å². The van der Waals surface area contributed by atoms with Crippen molar-refractivity contribution in [2.75, 3.05) is 19.8 Å². The van der Waals surface area contributed by atoms with E-state index < -0.39 is 0 Å². The van der Waals surface area contributed by atoms with Gasteiger partial charge in [0, 0.05) is 30.0 Å². The molecule has 1 aromatic carbocycles. The van der Waals surface area contributed by atoms with Crippen LogP contribution in [-0.2, 0) is 11.3 Å². The molecule has 1 N–H and O–H groups in total. The zero-order valence-electron chi connectivity index (χ0n) is 13.1. The van der Waals surface area contributed by atoms with Gasteiger partial charge in [-0.25, -0.2) is 4.98 Å². The van der Waals surface area contributed by atoms with Gasteiger partial charge in [-0.05, 0) is 31.5 Å². The van der Waals surface area contributed by atoms with Gasteiger partial charge in [-0.2, -0.15) is 0 Å². The SMILES string of the molecule is Cc1nc(COc2cccc(C(=O)NC[C@H]3CCOC3)c2)cs1. The van der Waals surface area contributed by atoms with E-state index in [1.54, 1.807) is 23.5 Å². The van der Waals surface area contributed by atoms with Crippen LogP contribution in [0.15, 0.2) is 29.6 Å². The molecular weight excluding hydrogens is 312 g/mol. The molecular formula is C17H20N2O3S. The van der Waals surface area contributed by atoms with Gasteiger partial charge >= 0.3 is 0 Å². The molecule has 0 saturated carbocycles. The zero-order chi connectivity index (χ0) is 16.1. The summed E-state index contributed by atoms with van der Waals surface area (Å²) < 4.78 is 11.0. The summed E-state index contributed by atoms with van der Waals surface area (Å²) in [4.78, 5) is 16.6. The number of benzene rings is 1. The molecule has 0 radical (unpaired) electrons. The van der Waals surface area contributed by atoms with Crippen LogP contribution in [0.25, 0.3) is 0 Å². The standard InChI is InChI=1S/C17H20N2O3S/c1-12-19-15(11-23-12)10-22-16-4-2-3-14(7-16)17(20)18-8-13-5-6-21-9-13/h2-4,7,11,13H,5-6,8-10H2,1H3,(H,18,20)/t13-/m1/s1. The number of nitrogens with zero attached hydrogens (tertiary/aromatic N) is 1. The Morgan fingerprint density at radius 2 is 2.43 bits per heavy atom. The number of ether oxygens (including phenoxy) is 2. The minimum absolute atomic E-state index is 0.0770. The smallest absolute Gasteiger partial charge is 0.251 e. The highest BCUT2D eigenvalue weighted by atomic mass is 32.1. The Kier molecular flexibility index (Phi) is 5.25. The highest BCUT2D eigenvalue weighted by Crippen LogP contribution is 2.17. The maximum Gasteiger partial charge on any atom is 0.251 e. The van der Waals surface area contributed by atoms with Gasteiger partial charge in [-0.1, -0.05) is 6.07 Å². The number of carbonyl (C=O) groups excluding carboxylic acids is 1. The third kappa shape index (κ3) is 4.53. The lowest BCUT2D eigenvalue weighted by Gasteiger charge is -2.10. The van der Waals surface area contributed by atoms with Gasteiger partial charge in [0.05, 0.1) is 17.3 Å². The number of rotatable bonds is 6. The molecule has 1 atom stereocenters. The van der Waals surface area contributed by atoms with Gasteiger partial charge in [0.2, 0.25) is 0 Å². The second kappa shape index (κ2) is 7.57. The van der Waals surface area contributed by atoms with E-state index in [1.807, 2.05) is 24.4 Å². The average molecular weight is 332 g/mol. The van der Waals surface area contributed by atoms with Gasteiger partial charge in [0.15, 0.2) is 0 Å². The Hall–Kier alpha value is -1.92. The lowest BCUT2D eigenvalue weighted by atomic mass is 10.1. The van der Waals surface area contributed by atoms with Crippen molar-refractivity contribution in [2.24, 2.45) is 5.92 Å². The van der Waals surface area contributed by atoms with Gasteiger partial charge in [-0.15, -0.1) is 11.3 Å². The summed E-state index contributed by atoms with van der Waals surface area (Å²) in [5.74, 6) is 1.02. The van der Waals surface area contributed by atoms with E-state index >= 15 is 0 Å². The highest BCUT2D eigenvalue weighted by molar-refractivity contribution is 7.09. The molecule has 1 fully saturated rings. The van der Waals surface area contributed by atoms with Crippen molar-refractivity contribution in [3.8, 4) is 5.75 Å². The molecule has 1 saturated heterocycles. The minimum atomic E-state index is -0.0770. The Bertz CT molecular complexity index is 665. The van der Waals surface area contributed by atoms with Gasteiger partial charge < -0.3 is 14.8 Å². The van der Waals surface area contributed by atoms with Crippen LogP contribution >= 0.6 is 11.3 Å². The lowest BCUT2D eigenvalue weighted by Crippen LogP contribution is -2.29. The number of nitrogens with one attached hydrogen (secondary N) is 1. The molecule has 0 bridgehead atoms. The molecule has 1 aromatic heterocycles. The first-order chi connectivity index (χ1) is 11.2. The third-order valence-corrected chi connectivity index (χ3v) is 4.55. The molecule has 2 aromatic rings. The van der Waals surface area contributed by atoms with E-state index in [4.69, 9.17) is 9.47 Å². The fraction of sp³-hybridized carbons (Fsp3) is 0.412. The van der Waals surface area contributed by atoms with Crippen LogP contribution in [0.5, 0.6) is 5.75 Å². The first kappa shape index (κ1) is 16.0. The van der Waals surface area contributed by atoms with Crippen molar-refractivity contribution in [2.45, 2.75) is 20.0 Å². The number of carbonyl (C=O) groups is 1. The molecule has 23 heavy (non-hydrogen) atoms. The Morgan fingerprint density at radius 3 is 3.17 bits per heavy atom. The largest absolute Gasteiger partial charge is 0.487 e. The number of hydrogen-bond donors (Lipinski definition) is 1. The molecule has 0 aliphatic carbocycles.